The highest BCUT2D eigenvalue weighted by Gasteiger charge is 2.34. The van der Waals surface area contributed by atoms with E-state index in [4.69, 9.17) is 4.74 Å². The molecule has 144 valence electrons. The number of nitrogens with zero attached hydrogens (tertiary/aromatic N) is 3. The van der Waals surface area contributed by atoms with Crippen LogP contribution in [0.25, 0.3) is 0 Å². The van der Waals surface area contributed by atoms with Crippen LogP contribution < -0.4 is 15.0 Å². The Morgan fingerprint density at radius 3 is 2.82 bits per heavy atom. The lowest BCUT2D eigenvalue weighted by Crippen LogP contribution is -2.24. The minimum absolute atomic E-state index is 0.0324. The average Bonchev–Trinajstić information content (AvgIpc) is 3.43. The van der Waals surface area contributed by atoms with Crippen LogP contribution in [0.1, 0.15) is 22.2 Å². The van der Waals surface area contributed by atoms with Gasteiger partial charge in [-0.25, -0.2) is 0 Å². The van der Waals surface area contributed by atoms with Gasteiger partial charge in [0.2, 0.25) is 16.9 Å². The van der Waals surface area contributed by atoms with E-state index in [1.54, 1.807) is 23.3 Å². The minimum Gasteiger partial charge on any atom is -0.497 e. The van der Waals surface area contributed by atoms with E-state index >= 15 is 0 Å². The Bertz CT molecular complexity index is 969. The molecule has 1 aliphatic heterocycles. The Morgan fingerprint density at radius 1 is 1.29 bits per heavy atom. The van der Waals surface area contributed by atoms with Gasteiger partial charge in [-0.15, -0.1) is 21.5 Å². The van der Waals surface area contributed by atoms with Crippen LogP contribution in [-0.2, 0) is 16.0 Å². The highest BCUT2D eigenvalue weighted by molar-refractivity contribution is 7.15. The molecule has 1 N–H and O–H groups in total. The molecule has 7 nitrogen and oxygen atoms in total. The lowest BCUT2D eigenvalue weighted by atomic mass is 10.1. The van der Waals surface area contributed by atoms with Gasteiger partial charge in [-0.1, -0.05) is 17.4 Å². The molecule has 0 bridgehead atoms. The summed E-state index contributed by atoms with van der Waals surface area (Å²) in [6.07, 6.45) is 0.698. The first-order valence-electron chi connectivity index (χ1n) is 8.72. The molecule has 3 heterocycles. The number of benzene rings is 1. The van der Waals surface area contributed by atoms with Crippen LogP contribution in [0, 0.1) is 0 Å². The van der Waals surface area contributed by atoms with Gasteiger partial charge in [0.15, 0.2) is 0 Å². The van der Waals surface area contributed by atoms with Crippen LogP contribution in [-0.4, -0.2) is 35.7 Å². The summed E-state index contributed by atoms with van der Waals surface area (Å²) in [7, 11) is 1.61. The Kier molecular flexibility index (Phi) is 5.36. The van der Waals surface area contributed by atoms with E-state index in [9.17, 15) is 9.59 Å². The molecule has 4 rings (SSSR count). The van der Waals surface area contributed by atoms with E-state index in [0.717, 1.165) is 21.3 Å². The fraction of sp³-hybridized carbons (Fsp3) is 0.263. The third kappa shape index (κ3) is 4.05. The van der Waals surface area contributed by atoms with E-state index in [-0.39, 0.29) is 17.7 Å². The third-order valence-electron chi connectivity index (χ3n) is 4.46. The minimum atomic E-state index is -0.118. The first-order chi connectivity index (χ1) is 13.6. The van der Waals surface area contributed by atoms with E-state index in [1.807, 2.05) is 41.8 Å². The first-order valence-corrected chi connectivity index (χ1v) is 10.4. The molecule has 28 heavy (non-hydrogen) atoms. The second-order valence-electron chi connectivity index (χ2n) is 6.35. The Labute approximate surface area is 170 Å². The van der Waals surface area contributed by atoms with Crippen LogP contribution in [0.15, 0.2) is 41.8 Å². The molecule has 2 amide bonds. The summed E-state index contributed by atoms with van der Waals surface area (Å²) in [5.74, 6) is 0.648. The van der Waals surface area contributed by atoms with Crippen molar-refractivity contribution < 1.29 is 14.3 Å². The molecule has 0 saturated carbocycles. The number of hydrogen-bond donors (Lipinski definition) is 1. The van der Waals surface area contributed by atoms with Crippen LogP contribution >= 0.6 is 22.7 Å². The Hall–Kier alpha value is -2.78. The molecule has 1 saturated heterocycles. The summed E-state index contributed by atoms with van der Waals surface area (Å²) < 4.78 is 5.16. The zero-order valence-electron chi connectivity index (χ0n) is 15.1. The van der Waals surface area contributed by atoms with Gasteiger partial charge in [0.25, 0.3) is 0 Å². The number of ether oxygens (including phenoxy) is 1. The van der Waals surface area contributed by atoms with Gasteiger partial charge in [0.1, 0.15) is 10.8 Å². The number of nitrogens with one attached hydrogen (secondary N) is 1. The monoisotopic (exact) mass is 414 g/mol. The van der Waals surface area contributed by atoms with Gasteiger partial charge in [0.05, 0.1) is 13.5 Å². The number of thiophene rings is 1. The molecule has 2 aromatic heterocycles. The normalized spacial score (nSPS) is 16.4. The Morgan fingerprint density at radius 2 is 2.11 bits per heavy atom. The largest absolute Gasteiger partial charge is 0.497 e. The predicted molar refractivity (Wildman–Crippen MR) is 109 cm³/mol. The summed E-state index contributed by atoms with van der Waals surface area (Å²) in [6.45, 7) is 0.545. The number of methoxy groups -OCH3 is 1. The molecule has 0 spiro atoms. The van der Waals surface area contributed by atoms with E-state index < -0.39 is 0 Å². The van der Waals surface area contributed by atoms with Crippen LogP contribution in [0.2, 0.25) is 0 Å². The van der Waals surface area contributed by atoms with Gasteiger partial charge in [-0.05, 0) is 35.7 Å². The van der Waals surface area contributed by atoms with Crippen LogP contribution in [0.4, 0.5) is 10.8 Å². The maximum absolute atomic E-state index is 12.5. The predicted octanol–water partition coefficient (Wildman–Crippen LogP) is 3.31. The molecule has 1 atom stereocenters. The maximum Gasteiger partial charge on any atom is 0.231 e. The van der Waals surface area contributed by atoms with Gasteiger partial charge in [-0.3, -0.25) is 9.59 Å². The molecule has 0 aliphatic carbocycles. The molecule has 1 aliphatic rings. The summed E-state index contributed by atoms with van der Waals surface area (Å²) in [4.78, 5) is 27.3. The number of hydrogen-bond acceptors (Lipinski definition) is 7. The lowest BCUT2D eigenvalue weighted by Gasteiger charge is -2.16. The number of carbonyl (C=O) groups is 2. The van der Waals surface area contributed by atoms with Crippen molar-refractivity contribution in [2.75, 3.05) is 23.9 Å². The molecule has 9 heteroatoms. The summed E-state index contributed by atoms with van der Waals surface area (Å²) in [6, 6.07) is 11.3. The number of rotatable bonds is 6. The van der Waals surface area contributed by atoms with Crippen LogP contribution in [0.3, 0.4) is 0 Å². The topological polar surface area (TPSA) is 84.4 Å². The summed E-state index contributed by atoms with van der Waals surface area (Å²) in [5.41, 5.74) is 0.835. The quantitative estimate of drug-likeness (QED) is 0.669. The summed E-state index contributed by atoms with van der Waals surface area (Å²) >= 11 is 2.87. The van der Waals surface area contributed by atoms with Crippen molar-refractivity contribution in [3.05, 3.63) is 51.7 Å². The second kappa shape index (κ2) is 8.07. The molecule has 3 aromatic rings. The van der Waals surface area contributed by atoms with Crippen molar-refractivity contribution in [2.24, 2.45) is 0 Å². The fourth-order valence-corrected chi connectivity index (χ4v) is 4.62. The van der Waals surface area contributed by atoms with E-state index in [2.05, 4.69) is 15.5 Å². The molecule has 1 fully saturated rings. The highest BCUT2D eigenvalue weighted by atomic mass is 32.1. The molecule has 0 radical (unpaired) electrons. The standard InChI is InChI=1S/C19H18N4O3S2/c1-26-14-6-4-13(5-7-14)23-11-12(9-17(23)25)18-21-22-19(28-18)20-16(24)10-15-3-2-8-27-15/h2-8,12H,9-11H2,1H3,(H,20,22,24). The average molecular weight is 415 g/mol. The number of anilines is 2. The molecular formula is C19H18N4O3S2. The zero-order valence-corrected chi connectivity index (χ0v) is 16.8. The Balaban J connectivity index is 1.39. The van der Waals surface area contributed by atoms with Crippen molar-refractivity contribution in [1.82, 2.24) is 10.2 Å². The number of amides is 2. The van der Waals surface area contributed by atoms with Gasteiger partial charge in [-0.2, -0.15) is 0 Å². The lowest BCUT2D eigenvalue weighted by molar-refractivity contribution is -0.117. The fourth-order valence-electron chi connectivity index (χ4n) is 3.07. The van der Waals surface area contributed by atoms with Gasteiger partial charge >= 0.3 is 0 Å². The van der Waals surface area contributed by atoms with Crippen molar-refractivity contribution in [3.8, 4) is 5.75 Å². The van der Waals surface area contributed by atoms with E-state index in [1.165, 1.54) is 11.3 Å². The van der Waals surface area contributed by atoms with Gasteiger partial charge < -0.3 is 15.0 Å². The van der Waals surface area contributed by atoms with Gasteiger partial charge in [0, 0.05) is 29.4 Å². The number of aromatic nitrogens is 2. The molecule has 1 aromatic carbocycles. The van der Waals surface area contributed by atoms with Crippen LogP contribution in [0.5, 0.6) is 5.75 Å². The third-order valence-corrected chi connectivity index (χ3v) is 6.34. The van der Waals surface area contributed by atoms with Crippen molar-refractivity contribution in [2.45, 2.75) is 18.8 Å². The highest BCUT2D eigenvalue weighted by Crippen LogP contribution is 2.34. The first kappa shape index (κ1) is 18.6. The van der Waals surface area contributed by atoms with Crippen molar-refractivity contribution in [1.29, 1.82) is 0 Å². The maximum atomic E-state index is 12.5. The smallest absolute Gasteiger partial charge is 0.231 e. The van der Waals surface area contributed by atoms with Crippen molar-refractivity contribution in [3.63, 3.8) is 0 Å². The van der Waals surface area contributed by atoms with Crippen molar-refractivity contribution >= 4 is 45.3 Å². The SMILES string of the molecule is COc1ccc(N2CC(c3nnc(NC(=O)Cc4cccs4)s3)CC2=O)cc1. The number of carbonyl (C=O) groups excluding carboxylic acids is 2. The molecular weight excluding hydrogens is 396 g/mol. The zero-order chi connectivity index (χ0) is 19.5. The second-order valence-corrected chi connectivity index (χ2v) is 8.39. The van der Waals surface area contributed by atoms with E-state index in [0.29, 0.717) is 24.5 Å². The molecule has 1 unspecified atom stereocenters. The summed E-state index contributed by atoms with van der Waals surface area (Å²) in [5, 5.41) is 14.2.